The van der Waals surface area contributed by atoms with Gasteiger partial charge < -0.3 is 9.04 Å². The van der Waals surface area contributed by atoms with E-state index in [-0.39, 0.29) is 0 Å². The van der Waals surface area contributed by atoms with Crippen molar-refractivity contribution < 1.29 is 17.5 Å². The molecular formula is C22H42INO3S. The number of unbranched alkanes of at least 4 members (excludes halogenated alkanes) is 11. The SMILES string of the molecule is CCCCCCCCCCCCCC[N+]1(CC#CI)CCCC1.CS(=O)(=O)[O-]. The van der Waals surface area contributed by atoms with Gasteiger partial charge in [0.05, 0.1) is 29.8 Å². The van der Waals surface area contributed by atoms with Crippen LogP contribution in [0, 0.1) is 9.85 Å². The largest absolute Gasteiger partial charge is 0.748 e. The number of hydrogen-bond acceptors (Lipinski definition) is 3. The maximum atomic E-state index is 9.08. The molecule has 0 aliphatic carbocycles. The minimum atomic E-state index is -3.92. The monoisotopic (exact) mass is 527 g/mol. The van der Waals surface area contributed by atoms with Crippen LogP contribution in [-0.4, -0.2) is 49.9 Å². The van der Waals surface area contributed by atoms with Gasteiger partial charge in [-0.15, -0.1) is 0 Å². The Bertz CT molecular complexity index is 512. The molecule has 0 saturated carbocycles. The Hall–Kier alpha value is 0.160. The molecule has 0 bridgehead atoms. The van der Waals surface area contributed by atoms with Crippen LogP contribution in [0.4, 0.5) is 0 Å². The van der Waals surface area contributed by atoms with Crippen molar-refractivity contribution in [2.24, 2.45) is 0 Å². The Labute approximate surface area is 188 Å². The quantitative estimate of drug-likeness (QED) is 0.0936. The Morgan fingerprint density at radius 1 is 0.857 bits per heavy atom. The molecule has 0 spiro atoms. The van der Waals surface area contributed by atoms with Crippen molar-refractivity contribution in [3.8, 4) is 9.85 Å². The molecule has 1 saturated heterocycles. The summed E-state index contributed by atoms with van der Waals surface area (Å²) in [5, 5.41) is 0. The van der Waals surface area contributed by atoms with E-state index < -0.39 is 10.1 Å². The van der Waals surface area contributed by atoms with Gasteiger partial charge in [0.2, 0.25) is 0 Å². The van der Waals surface area contributed by atoms with Crippen LogP contribution in [0.3, 0.4) is 0 Å². The molecular weight excluding hydrogens is 485 g/mol. The van der Waals surface area contributed by atoms with Gasteiger partial charge in [-0.3, -0.25) is 0 Å². The first-order valence-electron chi connectivity index (χ1n) is 11.2. The van der Waals surface area contributed by atoms with Crippen molar-refractivity contribution in [1.82, 2.24) is 0 Å². The zero-order chi connectivity index (χ0) is 21.1. The highest BCUT2D eigenvalue weighted by atomic mass is 127. The minimum Gasteiger partial charge on any atom is -0.748 e. The number of nitrogens with zero attached hydrogens (tertiary/aromatic N) is 1. The van der Waals surface area contributed by atoms with E-state index in [0.29, 0.717) is 6.26 Å². The van der Waals surface area contributed by atoms with Crippen LogP contribution in [0.5, 0.6) is 0 Å². The Balaban J connectivity index is 0.00000129. The summed E-state index contributed by atoms with van der Waals surface area (Å²) in [5.74, 6) is 3.33. The molecule has 0 atom stereocenters. The lowest BCUT2D eigenvalue weighted by molar-refractivity contribution is -0.910. The number of halogens is 1. The molecule has 0 aromatic rings. The zero-order valence-electron chi connectivity index (χ0n) is 18.2. The summed E-state index contributed by atoms with van der Waals surface area (Å²) < 4.78 is 31.6. The topological polar surface area (TPSA) is 57.2 Å². The molecule has 0 aromatic heterocycles. The lowest BCUT2D eigenvalue weighted by atomic mass is 10.1. The van der Waals surface area contributed by atoms with Gasteiger partial charge in [0.25, 0.3) is 0 Å². The highest BCUT2D eigenvalue weighted by Crippen LogP contribution is 2.21. The average Bonchev–Trinajstić information content (AvgIpc) is 3.09. The lowest BCUT2D eigenvalue weighted by Gasteiger charge is -2.32. The van der Waals surface area contributed by atoms with Crippen LogP contribution in [0.15, 0.2) is 0 Å². The number of rotatable bonds is 14. The summed E-state index contributed by atoms with van der Waals surface area (Å²) in [5.41, 5.74) is 0. The van der Waals surface area contributed by atoms with Gasteiger partial charge in [-0.1, -0.05) is 71.1 Å². The van der Waals surface area contributed by atoms with Gasteiger partial charge in [0.15, 0.2) is 0 Å². The molecule has 1 rings (SSSR count). The second-order valence-electron chi connectivity index (χ2n) is 8.24. The Kier molecular flexibility index (Phi) is 18.1. The van der Waals surface area contributed by atoms with Gasteiger partial charge in [-0.25, -0.2) is 8.42 Å². The summed E-state index contributed by atoms with van der Waals surface area (Å²) in [6.45, 7) is 7.53. The normalized spacial score (nSPS) is 15.4. The predicted octanol–water partition coefficient (Wildman–Crippen LogP) is 5.86. The van der Waals surface area contributed by atoms with E-state index in [0.717, 1.165) is 6.54 Å². The third kappa shape index (κ3) is 19.5. The fourth-order valence-corrected chi connectivity index (χ4v) is 4.12. The molecule has 166 valence electrons. The highest BCUT2D eigenvalue weighted by Gasteiger charge is 2.30. The van der Waals surface area contributed by atoms with E-state index in [1.807, 2.05) is 0 Å². The number of hydrogen-bond donors (Lipinski definition) is 0. The van der Waals surface area contributed by atoms with Crippen LogP contribution in [0.1, 0.15) is 96.8 Å². The highest BCUT2D eigenvalue weighted by molar-refractivity contribution is 14.1. The van der Waals surface area contributed by atoms with E-state index >= 15 is 0 Å². The fourth-order valence-electron chi connectivity index (χ4n) is 3.95. The number of quaternary nitrogens is 1. The van der Waals surface area contributed by atoms with E-state index in [2.05, 4.69) is 39.4 Å². The standard InChI is InChI=1S/C21H39IN.CH4O3S/c1-2-3-4-5-6-7-8-9-10-11-12-13-18-23(21-16-17-22)19-14-15-20-23;1-5(2,3)4/h2-15,18-21H2,1H3;1H3,(H,2,3,4)/q+1;/p-1. The molecule has 1 heterocycles. The van der Waals surface area contributed by atoms with Gasteiger partial charge in [-0.05, 0) is 22.7 Å². The molecule has 0 amide bonds. The van der Waals surface area contributed by atoms with E-state index in [4.69, 9.17) is 13.0 Å². The van der Waals surface area contributed by atoms with Gasteiger partial charge in [0.1, 0.15) is 6.54 Å². The zero-order valence-corrected chi connectivity index (χ0v) is 21.2. The molecule has 1 aliphatic rings. The summed E-state index contributed by atoms with van der Waals surface area (Å²) in [6.07, 6.45) is 20.8. The summed E-state index contributed by atoms with van der Waals surface area (Å²) in [4.78, 5) is 0. The van der Waals surface area contributed by atoms with Crippen LogP contribution in [0.25, 0.3) is 0 Å². The minimum absolute atomic E-state index is 0.604. The van der Waals surface area contributed by atoms with Gasteiger partial charge in [0, 0.05) is 41.7 Å². The molecule has 0 unspecified atom stereocenters. The van der Waals surface area contributed by atoms with Crippen LogP contribution in [0.2, 0.25) is 0 Å². The van der Waals surface area contributed by atoms with Gasteiger partial charge in [-0.2, -0.15) is 0 Å². The molecule has 1 fully saturated rings. The second kappa shape index (κ2) is 18.0. The molecule has 0 aromatic carbocycles. The van der Waals surface area contributed by atoms with Crippen LogP contribution < -0.4 is 0 Å². The van der Waals surface area contributed by atoms with Crippen molar-refractivity contribution >= 4 is 32.7 Å². The maximum absolute atomic E-state index is 9.08. The first-order valence-corrected chi connectivity index (χ1v) is 14.1. The third-order valence-electron chi connectivity index (χ3n) is 5.48. The molecule has 1 aliphatic heterocycles. The van der Waals surface area contributed by atoms with Crippen LogP contribution >= 0.6 is 22.6 Å². The van der Waals surface area contributed by atoms with Crippen molar-refractivity contribution in [3.05, 3.63) is 0 Å². The van der Waals surface area contributed by atoms with Crippen molar-refractivity contribution in [2.45, 2.75) is 96.8 Å². The van der Waals surface area contributed by atoms with E-state index in [1.54, 1.807) is 0 Å². The maximum Gasteiger partial charge on any atom is 0.141 e. The van der Waals surface area contributed by atoms with E-state index in [1.165, 1.54) is 114 Å². The van der Waals surface area contributed by atoms with E-state index in [9.17, 15) is 0 Å². The predicted molar refractivity (Wildman–Crippen MR) is 127 cm³/mol. The summed E-state index contributed by atoms with van der Waals surface area (Å²) in [6, 6.07) is 0. The summed E-state index contributed by atoms with van der Waals surface area (Å²) >= 11 is 2.19. The van der Waals surface area contributed by atoms with Crippen LogP contribution in [-0.2, 0) is 10.1 Å². The first kappa shape index (κ1) is 28.2. The Morgan fingerprint density at radius 3 is 1.64 bits per heavy atom. The van der Waals surface area contributed by atoms with Gasteiger partial charge >= 0.3 is 0 Å². The Morgan fingerprint density at radius 2 is 1.25 bits per heavy atom. The second-order valence-corrected chi connectivity index (χ2v) is 10.2. The molecule has 6 heteroatoms. The van der Waals surface area contributed by atoms with Crippen molar-refractivity contribution in [2.75, 3.05) is 32.4 Å². The fraction of sp³-hybridized carbons (Fsp3) is 0.909. The molecule has 0 radical (unpaired) electrons. The molecule has 4 nitrogen and oxygen atoms in total. The molecule has 28 heavy (non-hydrogen) atoms. The first-order chi connectivity index (χ1) is 13.3. The molecule has 0 N–H and O–H groups in total. The smallest absolute Gasteiger partial charge is 0.141 e. The third-order valence-corrected chi connectivity index (χ3v) is 5.86. The van der Waals surface area contributed by atoms with Crippen molar-refractivity contribution in [1.29, 1.82) is 0 Å². The van der Waals surface area contributed by atoms with Crippen molar-refractivity contribution in [3.63, 3.8) is 0 Å². The number of likely N-dealkylation sites (tertiary alicyclic amines) is 1. The summed E-state index contributed by atoms with van der Waals surface area (Å²) in [7, 11) is -3.92. The lowest BCUT2D eigenvalue weighted by Crippen LogP contribution is -2.46. The average molecular weight is 528 g/mol.